The first kappa shape index (κ1) is 25.2. The summed E-state index contributed by atoms with van der Waals surface area (Å²) in [5.41, 5.74) is 3.83. The summed E-state index contributed by atoms with van der Waals surface area (Å²) in [4.78, 5) is 14.0. The maximum atomic E-state index is 14.0. The molecule has 2 aliphatic carbocycles. The van der Waals surface area contributed by atoms with Crippen LogP contribution in [0.4, 0.5) is 0 Å². The number of carbonyl (C=O) groups is 1. The summed E-state index contributed by atoms with van der Waals surface area (Å²) in [5, 5.41) is 1.64. The van der Waals surface area contributed by atoms with Gasteiger partial charge in [0.25, 0.3) is 0 Å². The number of hydrogen-bond acceptors (Lipinski definition) is 6. The molecule has 0 saturated heterocycles. The minimum atomic E-state index is -1.08. The van der Waals surface area contributed by atoms with E-state index in [2.05, 4.69) is 0 Å². The molecule has 0 radical (unpaired) electrons. The third-order valence-electron chi connectivity index (χ3n) is 8.16. The second kappa shape index (κ2) is 9.68. The maximum absolute atomic E-state index is 14.0. The molecule has 2 unspecified atom stereocenters. The average molecular weight is 545 g/mol. The predicted molar refractivity (Wildman–Crippen MR) is 155 cm³/mol. The van der Waals surface area contributed by atoms with E-state index in [0.29, 0.717) is 29.3 Å². The fourth-order valence-electron chi connectivity index (χ4n) is 6.35. The Hall–Kier alpha value is -4.81. The Bertz CT molecular complexity index is 1830. The Balaban J connectivity index is 1.65. The van der Waals surface area contributed by atoms with Gasteiger partial charge in [-0.05, 0) is 52.8 Å². The summed E-state index contributed by atoms with van der Waals surface area (Å²) in [5.74, 6) is 2.58. The van der Waals surface area contributed by atoms with Crippen molar-refractivity contribution >= 4 is 17.1 Å². The number of carbonyl (C=O) groups excluding carboxylic acids is 1. The van der Waals surface area contributed by atoms with Crippen LogP contribution in [0.15, 0.2) is 114 Å². The number of Topliss-reactive ketones (excluding diaryl/α,β-unsaturated/α-hetero) is 1. The van der Waals surface area contributed by atoms with E-state index >= 15 is 0 Å². The number of methoxy groups -OCH3 is 3. The van der Waals surface area contributed by atoms with Gasteiger partial charge >= 0.3 is 0 Å². The standard InChI is InChI=1S/C35H28O6/c1-37-23-16-14-22(15-17-23)35(21-9-5-4-6-10-21)27-12-7-13-28(36)32(27)31-25-19-29(38-2)30(39-3)20-26(25)33-24(34(31)41-35)11-8-18-40-33/h4-12,14-20,34H,13H2,1-3H3. The molecule has 3 aromatic rings. The first-order chi connectivity index (χ1) is 20.1. The lowest BCUT2D eigenvalue weighted by Crippen LogP contribution is -2.50. The van der Waals surface area contributed by atoms with Crippen molar-refractivity contribution in [3.63, 3.8) is 0 Å². The molecule has 6 heteroatoms. The van der Waals surface area contributed by atoms with Crippen LogP contribution in [0.3, 0.4) is 0 Å². The molecule has 204 valence electrons. The number of allylic oxidation sites excluding steroid dienone is 3. The number of hydrogen-bond donors (Lipinski definition) is 0. The summed E-state index contributed by atoms with van der Waals surface area (Å²) in [6.07, 6.45) is 9.18. The molecule has 7 rings (SSSR count). The van der Waals surface area contributed by atoms with Gasteiger partial charge in [-0.25, -0.2) is 0 Å². The van der Waals surface area contributed by atoms with Crippen LogP contribution in [-0.4, -0.2) is 33.2 Å². The van der Waals surface area contributed by atoms with Crippen LogP contribution in [0.1, 0.15) is 17.5 Å². The second-order valence-corrected chi connectivity index (χ2v) is 10.2. The number of ether oxygens (including phenoxy) is 5. The topological polar surface area (TPSA) is 63.2 Å². The third kappa shape index (κ3) is 3.64. The zero-order valence-electron chi connectivity index (χ0n) is 23.0. The van der Waals surface area contributed by atoms with Crippen LogP contribution in [0.25, 0.3) is 11.3 Å². The molecule has 2 heterocycles. The van der Waals surface area contributed by atoms with Gasteiger partial charge in [0.2, 0.25) is 0 Å². The molecule has 0 N–H and O–H groups in total. The van der Waals surface area contributed by atoms with Crippen molar-refractivity contribution in [2.24, 2.45) is 0 Å². The lowest BCUT2D eigenvalue weighted by atomic mass is 9.69. The van der Waals surface area contributed by atoms with Crippen molar-refractivity contribution in [3.8, 4) is 17.2 Å². The van der Waals surface area contributed by atoms with Crippen molar-refractivity contribution < 1.29 is 28.5 Å². The lowest BCUT2D eigenvalue weighted by Gasteiger charge is -2.47. The van der Waals surface area contributed by atoms with Gasteiger partial charge in [-0.15, -0.1) is 0 Å². The third-order valence-corrected chi connectivity index (χ3v) is 8.16. The van der Waals surface area contributed by atoms with E-state index in [1.165, 1.54) is 0 Å². The number of fused-ring (bicyclic) bond motifs is 5. The average Bonchev–Trinajstić information content (AvgIpc) is 3.04. The van der Waals surface area contributed by atoms with Crippen molar-refractivity contribution in [1.82, 2.24) is 0 Å². The first-order valence-corrected chi connectivity index (χ1v) is 13.5. The molecule has 0 aromatic heterocycles. The van der Waals surface area contributed by atoms with Crippen molar-refractivity contribution in [2.45, 2.75) is 18.1 Å². The van der Waals surface area contributed by atoms with Gasteiger partial charge in [0, 0.05) is 33.9 Å². The normalized spacial score (nSPS) is 22.2. The van der Waals surface area contributed by atoms with Crippen LogP contribution >= 0.6 is 0 Å². The van der Waals surface area contributed by atoms with Crippen LogP contribution in [0.2, 0.25) is 0 Å². The van der Waals surface area contributed by atoms with Gasteiger partial charge in [0.1, 0.15) is 23.2 Å². The molecule has 0 fully saturated rings. The largest absolute Gasteiger partial charge is 0.497 e. The SMILES string of the molecule is COc1ccc(C2(c3ccccc3)OC3C4=CC=COC4=c4cc(OC)c(OC)cc4=C3C3=C2C=CCC3=O)cc1. The molecule has 2 atom stereocenters. The Kier molecular flexibility index (Phi) is 5.94. The smallest absolute Gasteiger partial charge is 0.167 e. The predicted octanol–water partition coefficient (Wildman–Crippen LogP) is 4.62. The Labute approximate surface area is 237 Å². The summed E-state index contributed by atoms with van der Waals surface area (Å²) in [7, 11) is 4.86. The zero-order chi connectivity index (χ0) is 28.1. The molecule has 0 bridgehead atoms. The molecular weight excluding hydrogens is 516 g/mol. The Morgan fingerprint density at radius 2 is 1.56 bits per heavy atom. The molecule has 4 aliphatic rings. The highest BCUT2D eigenvalue weighted by Crippen LogP contribution is 2.53. The highest BCUT2D eigenvalue weighted by Gasteiger charge is 2.51. The number of benzene rings is 3. The van der Waals surface area contributed by atoms with Crippen LogP contribution in [0.5, 0.6) is 17.2 Å². The zero-order valence-corrected chi connectivity index (χ0v) is 23.0. The molecule has 3 aromatic carbocycles. The van der Waals surface area contributed by atoms with E-state index in [0.717, 1.165) is 44.0 Å². The van der Waals surface area contributed by atoms with Gasteiger partial charge in [-0.2, -0.15) is 0 Å². The van der Waals surface area contributed by atoms with Gasteiger partial charge in [-0.3, -0.25) is 4.79 Å². The highest BCUT2D eigenvalue weighted by molar-refractivity contribution is 6.12. The second-order valence-electron chi connectivity index (χ2n) is 10.2. The van der Waals surface area contributed by atoms with E-state index in [-0.39, 0.29) is 5.78 Å². The fourth-order valence-corrected chi connectivity index (χ4v) is 6.35. The minimum absolute atomic E-state index is 0.0386. The van der Waals surface area contributed by atoms with Crippen molar-refractivity contribution in [1.29, 1.82) is 0 Å². The molecular formula is C35H28O6. The molecule has 2 aliphatic heterocycles. The molecule has 0 saturated carbocycles. The Morgan fingerprint density at radius 3 is 2.27 bits per heavy atom. The quantitative estimate of drug-likeness (QED) is 0.467. The monoisotopic (exact) mass is 544 g/mol. The summed E-state index contributed by atoms with van der Waals surface area (Å²) in [6, 6.07) is 21.8. The van der Waals surface area contributed by atoms with E-state index in [1.54, 1.807) is 27.6 Å². The fraction of sp³-hybridized carbons (Fsp3) is 0.171. The summed E-state index contributed by atoms with van der Waals surface area (Å²) in [6.45, 7) is 0. The first-order valence-electron chi connectivity index (χ1n) is 13.5. The minimum Gasteiger partial charge on any atom is -0.497 e. The molecule has 6 nitrogen and oxygen atoms in total. The summed E-state index contributed by atoms with van der Waals surface area (Å²) >= 11 is 0. The van der Waals surface area contributed by atoms with Crippen LogP contribution in [-0.2, 0) is 19.9 Å². The van der Waals surface area contributed by atoms with E-state index in [1.807, 2.05) is 91.0 Å². The molecule has 0 spiro atoms. The van der Waals surface area contributed by atoms with Crippen LogP contribution < -0.4 is 24.6 Å². The van der Waals surface area contributed by atoms with E-state index < -0.39 is 11.7 Å². The van der Waals surface area contributed by atoms with Crippen LogP contribution in [0, 0.1) is 0 Å². The van der Waals surface area contributed by atoms with Gasteiger partial charge < -0.3 is 23.7 Å². The number of ketones is 1. The van der Waals surface area contributed by atoms with Crippen molar-refractivity contribution in [3.05, 3.63) is 136 Å². The van der Waals surface area contributed by atoms with E-state index in [4.69, 9.17) is 23.7 Å². The highest BCUT2D eigenvalue weighted by atomic mass is 16.5. The van der Waals surface area contributed by atoms with Gasteiger partial charge in [0.05, 0.1) is 27.6 Å². The summed E-state index contributed by atoms with van der Waals surface area (Å²) < 4.78 is 30.3. The van der Waals surface area contributed by atoms with Gasteiger partial charge in [0.15, 0.2) is 17.3 Å². The number of rotatable bonds is 5. The molecule has 41 heavy (non-hydrogen) atoms. The lowest BCUT2D eigenvalue weighted by molar-refractivity contribution is -0.115. The van der Waals surface area contributed by atoms with Crippen molar-refractivity contribution in [2.75, 3.05) is 21.3 Å². The molecule has 0 amide bonds. The van der Waals surface area contributed by atoms with E-state index in [9.17, 15) is 4.79 Å². The van der Waals surface area contributed by atoms with Gasteiger partial charge in [-0.1, -0.05) is 54.6 Å². The maximum Gasteiger partial charge on any atom is 0.167 e. The Morgan fingerprint density at radius 1 is 0.854 bits per heavy atom.